The SMILES string of the molecule is CC(=O)N(CCNS(=O)(=O)c1cccs1)c1cccc(C)c1C. The Kier molecular flexibility index (Phi) is 5.56. The number of benzene rings is 1. The van der Waals surface area contributed by atoms with E-state index in [0.29, 0.717) is 0 Å². The molecule has 0 atom stereocenters. The molecule has 1 aromatic heterocycles. The maximum Gasteiger partial charge on any atom is 0.250 e. The summed E-state index contributed by atoms with van der Waals surface area (Å²) in [6.07, 6.45) is 0. The highest BCUT2D eigenvalue weighted by molar-refractivity contribution is 7.91. The molecule has 1 aromatic carbocycles. The Morgan fingerprint density at radius 3 is 2.57 bits per heavy atom. The monoisotopic (exact) mass is 352 g/mol. The van der Waals surface area contributed by atoms with Crippen LogP contribution in [0.4, 0.5) is 5.69 Å². The van der Waals surface area contributed by atoms with Gasteiger partial charge in [-0.05, 0) is 42.5 Å². The molecule has 2 rings (SSSR count). The molecular weight excluding hydrogens is 332 g/mol. The first-order valence-electron chi connectivity index (χ1n) is 7.20. The molecule has 0 fully saturated rings. The fraction of sp³-hybridized carbons (Fsp3) is 0.312. The normalized spacial score (nSPS) is 11.4. The molecule has 23 heavy (non-hydrogen) atoms. The van der Waals surface area contributed by atoms with Crippen LogP contribution in [0.3, 0.4) is 0 Å². The van der Waals surface area contributed by atoms with Gasteiger partial charge in [0.1, 0.15) is 4.21 Å². The highest BCUT2D eigenvalue weighted by Crippen LogP contribution is 2.23. The molecule has 1 heterocycles. The largest absolute Gasteiger partial charge is 0.311 e. The van der Waals surface area contributed by atoms with Gasteiger partial charge in [0.05, 0.1) is 0 Å². The van der Waals surface area contributed by atoms with Crippen LogP contribution in [0.1, 0.15) is 18.1 Å². The van der Waals surface area contributed by atoms with Crippen LogP contribution in [-0.4, -0.2) is 27.4 Å². The van der Waals surface area contributed by atoms with Gasteiger partial charge in [-0.3, -0.25) is 4.79 Å². The molecule has 5 nitrogen and oxygen atoms in total. The first-order valence-corrected chi connectivity index (χ1v) is 9.56. The van der Waals surface area contributed by atoms with E-state index in [9.17, 15) is 13.2 Å². The molecule has 1 amide bonds. The summed E-state index contributed by atoms with van der Waals surface area (Å²) in [6, 6.07) is 9.00. The van der Waals surface area contributed by atoms with Crippen molar-refractivity contribution in [2.75, 3.05) is 18.0 Å². The number of hydrogen-bond donors (Lipinski definition) is 1. The number of sulfonamides is 1. The lowest BCUT2D eigenvalue weighted by molar-refractivity contribution is -0.116. The van der Waals surface area contributed by atoms with E-state index in [1.54, 1.807) is 22.4 Å². The molecule has 2 aromatic rings. The summed E-state index contributed by atoms with van der Waals surface area (Å²) < 4.78 is 27.0. The number of carbonyl (C=O) groups is 1. The van der Waals surface area contributed by atoms with E-state index in [2.05, 4.69) is 4.72 Å². The lowest BCUT2D eigenvalue weighted by atomic mass is 10.1. The highest BCUT2D eigenvalue weighted by Gasteiger charge is 2.18. The van der Waals surface area contributed by atoms with Crippen LogP contribution in [0.15, 0.2) is 39.9 Å². The van der Waals surface area contributed by atoms with Crippen LogP contribution in [0.5, 0.6) is 0 Å². The molecule has 0 spiro atoms. The third-order valence-electron chi connectivity index (χ3n) is 3.63. The quantitative estimate of drug-likeness (QED) is 0.869. The second kappa shape index (κ2) is 7.25. The van der Waals surface area contributed by atoms with Gasteiger partial charge in [0.25, 0.3) is 0 Å². The topological polar surface area (TPSA) is 66.5 Å². The van der Waals surface area contributed by atoms with Gasteiger partial charge in [0, 0.05) is 25.7 Å². The van der Waals surface area contributed by atoms with Gasteiger partial charge in [-0.1, -0.05) is 18.2 Å². The second-order valence-corrected chi connectivity index (χ2v) is 8.16. The van der Waals surface area contributed by atoms with Crippen LogP contribution in [-0.2, 0) is 14.8 Å². The number of hydrogen-bond acceptors (Lipinski definition) is 4. The number of nitrogens with one attached hydrogen (secondary N) is 1. The van der Waals surface area contributed by atoms with E-state index in [1.165, 1.54) is 6.92 Å². The molecule has 1 N–H and O–H groups in total. The fourth-order valence-corrected chi connectivity index (χ4v) is 4.31. The summed E-state index contributed by atoms with van der Waals surface area (Å²) in [6.45, 7) is 5.86. The molecule has 0 saturated heterocycles. The summed E-state index contributed by atoms with van der Waals surface area (Å²) in [5, 5.41) is 1.71. The van der Waals surface area contributed by atoms with Gasteiger partial charge in [-0.2, -0.15) is 0 Å². The number of aryl methyl sites for hydroxylation is 1. The molecule has 124 valence electrons. The lowest BCUT2D eigenvalue weighted by Gasteiger charge is -2.24. The van der Waals surface area contributed by atoms with E-state index in [4.69, 9.17) is 0 Å². The highest BCUT2D eigenvalue weighted by atomic mass is 32.2. The Balaban J connectivity index is 2.10. The Labute approximate surface area is 141 Å². The van der Waals surface area contributed by atoms with E-state index in [-0.39, 0.29) is 23.2 Å². The van der Waals surface area contributed by atoms with Crippen LogP contribution in [0, 0.1) is 13.8 Å². The maximum atomic E-state index is 12.1. The number of anilines is 1. The summed E-state index contributed by atoms with van der Waals surface area (Å²) in [5.41, 5.74) is 2.92. The van der Waals surface area contributed by atoms with Gasteiger partial charge < -0.3 is 4.90 Å². The average Bonchev–Trinajstić information content (AvgIpc) is 3.02. The Morgan fingerprint density at radius 1 is 1.22 bits per heavy atom. The summed E-state index contributed by atoms with van der Waals surface area (Å²) in [7, 11) is -3.51. The molecule has 0 unspecified atom stereocenters. The van der Waals surface area contributed by atoms with Gasteiger partial charge in [0.2, 0.25) is 15.9 Å². The number of thiophene rings is 1. The maximum absolute atomic E-state index is 12.1. The van der Waals surface area contributed by atoms with Crippen molar-refractivity contribution in [3.05, 3.63) is 46.8 Å². The molecule has 0 bridgehead atoms. The zero-order valence-corrected chi connectivity index (χ0v) is 15.0. The minimum absolute atomic E-state index is 0.117. The molecular formula is C16H20N2O3S2. The van der Waals surface area contributed by atoms with E-state index >= 15 is 0 Å². The van der Waals surface area contributed by atoms with Gasteiger partial charge >= 0.3 is 0 Å². The zero-order valence-electron chi connectivity index (χ0n) is 13.4. The van der Waals surface area contributed by atoms with Gasteiger partial charge in [-0.25, -0.2) is 13.1 Å². The smallest absolute Gasteiger partial charge is 0.250 e. The van der Waals surface area contributed by atoms with Crippen LogP contribution in [0.2, 0.25) is 0 Å². The van der Waals surface area contributed by atoms with Crippen molar-refractivity contribution >= 4 is 33.0 Å². The fourth-order valence-electron chi connectivity index (χ4n) is 2.25. The number of nitrogens with zero attached hydrogens (tertiary/aromatic N) is 1. The van der Waals surface area contributed by atoms with Crippen molar-refractivity contribution in [3.63, 3.8) is 0 Å². The molecule has 0 saturated carbocycles. The molecule has 7 heteroatoms. The third kappa shape index (κ3) is 4.19. The Morgan fingerprint density at radius 2 is 1.96 bits per heavy atom. The first kappa shape index (κ1) is 17.7. The third-order valence-corrected chi connectivity index (χ3v) is 6.49. The van der Waals surface area contributed by atoms with E-state index in [1.807, 2.05) is 32.0 Å². The molecule has 0 aliphatic rings. The number of rotatable bonds is 6. The Bertz CT molecular complexity index is 784. The van der Waals surface area contributed by atoms with E-state index < -0.39 is 10.0 Å². The van der Waals surface area contributed by atoms with Crippen LogP contribution in [0.25, 0.3) is 0 Å². The predicted molar refractivity (Wildman–Crippen MR) is 93.5 cm³/mol. The predicted octanol–water partition coefficient (Wildman–Crippen LogP) is 2.70. The second-order valence-electron chi connectivity index (χ2n) is 5.22. The first-order chi connectivity index (χ1) is 10.8. The van der Waals surface area contributed by atoms with Crippen LogP contribution >= 0.6 is 11.3 Å². The number of carbonyl (C=O) groups excluding carboxylic acids is 1. The van der Waals surface area contributed by atoms with Crippen molar-refractivity contribution in [2.24, 2.45) is 0 Å². The summed E-state index contributed by atoms with van der Waals surface area (Å²) in [5.74, 6) is -0.117. The van der Waals surface area contributed by atoms with Crippen molar-refractivity contribution in [1.82, 2.24) is 4.72 Å². The zero-order chi connectivity index (χ0) is 17.0. The van der Waals surface area contributed by atoms with Gasteiger partial charge in [-0.15, -0.1) is 11.3 Å². The Hall–Kier alpha value is -1.70. The lowest BCUT2D eigenvalue weighted by Crippen LogP contribution is -2.37. The van der Waals surface area contributed by atoms with E-state index in [0.717, 1.165) is 28.2 Å². The summed E-state index contributed by atoms with van der Waals surface area (Å²) >= 11 is 1.16. The number of amides is 1. The van der Waals surface area contributed by atoms with Crippen molar-refractivity contribution in [3.8, 4) is 0 Å². The van der Waals surface area contributed by atoms with Crippen LogP contribution < -0.4 is 9.62 Å². The van der Waals surface area contributed by atoms with Crippen molar-refractivity contribution in [2.45, 2.75) is 25.0 Å². The van der Waals surface area contributed by atoms with Crippen molar-refractivity contribution < 1.29 is 13.2 Å². The minimum atomic E-state index is -3.51. The minimum Gasteiger partial charge on any atom is -0.311 e. The van der Waals surface area contributed by atoms with Gasteiger partial charge in [0.15, 0.2) is 0 Å². The summed E-state index contributed by atoms with van der Waals surface area (Å²) in [4.78, 5) is 13.5. The molecule has 0 aliphatic heterocycles. The van der Waals surface area contributed by atoms with Crippen molar-refractivity contribution in [1.29, 1.82) is 0 Å². The molecule has 0 aliphatic carbocycles. The molecule has 0 radical (unpaired) electrons. The standard InChI is InChI=1S/C16H20N2O3S2/c1-12-6-4-7-15(13(12)2)18(14(3)19)10-9-17-23(20,21)16-8-5-11-22-16/h4-8,11,17H,9-10H2,1-3H3. The average molecular weight is 352 g/mol.